The van der Waals surface area contributed by atoms with Gasteiger partial charge in [0.2, 0.25) is 0 Å². The van der Waals surface area contributed by atoms with Gasteiger partial charge in [-0.05, 0) is 46.7 Å². The van der Waals surface area contributed by atoms with Crippen molar-refractivity contribution in [3.63, 3.8) is 0 Å². The molecule has 0 bridgehead atoms. The van der Waals surface area contributed by atoms with Crippen molar-refractivity contribution in [2.75, 3.05) is 13.7 Å². The average molecular weight is 345 g/mol. The first kappa shape index (κ1) is 14.4. The smallest absolute Gasteiger partial charge is 0.138 e. The van der Waals surface area contributed by atoms with Crippen LogP contribution in [0, 0.1) is 0 Å². The molecule has 3 nitrogen and oxygen atoms in total. The molecule has 2 aromatic rings. The summed E-state index contributed by atoms with van der Waals surface area (Å²) in [4.78, 5) is 0. The summed E-state index contributed by atoms with van der Waals surface area (Å²) in [7, 11) is 1.64. The van der Waals surface area contributed by atoms with Crippen LogP contribution in [0.3, 0.4) is 0 Å². The normalized spacial score (nSPS) is 12.4. The minimum absolute atomic E-state index is 0.0926. The van der Waals surface area contributed by atoms with Crippen molar-refractivity contribution in [3.8, 4) is 5.75 Å². The Balaban J connectivity index is 2.53. The lowest BCUT2D eigenvalue weighted by Crippen LogP contribution is -2.22. The number of hydrogen-bond acceptors (Lipinski definition) is 3. The highest BCUT2D eigenvalue weighted by atomic mass is 79.9. The summed E-state index contributed by atoms with van der Waals surface area (Å²) in [6.45, 7) is 2.85. The van der Waals surface area contributed by atoms with Crippen LogP contribution in [0.4, 0.5) is 0 Å². The van der Waals surface area contributed by atoms with Crippen LogP contribution in [-0.4, -0.2) is 13.7 Å². The van der Waals surface area contributed by atoms with Crippen LogP contribution in [0.2, 0.25) is 5.02 Å². The molecule has 1 N–H and O–H groups in total. The predicted molar refractivity (Wildman–Crippen MR) is 79.9 cm³/mol. The lowest BCUT2D eigenvalue weighted by molar-refractivity contribution is 0.391. The molecule has 0 fully saturated rings. The Morgan fingerprint density at radius 3 is 2.84 bits per heavy atom. The Hall–Kier alpha value is -0.970. The fourth-order valence-corrected chi connectivity index (χ4v) is 3.03. The molecule has 0 aliphatic carbocycles. The van der Waals surface area contributed by atoms with Gasteiger partial charge >= 0.3 is 0 Å². The van der Waals surface area contributed by atoms with E-state index in [1.165, 1.54) is 0 Å². The average Bonchev–Trinajstić information content (AvgIpc) is 2.88. The van der Waals surface area contributed by atoms with Gasteiger partial charge in [0.25, 0.3) is 0 Å². The Morgan fingerprint density at radius 1 is 1.47 bits per heavy atom. The second-order valence-electron chi connectivity index (χ2n) is 4.02. The van der Waals surface area contributed by atoms with Gasteiger partial charge in [0.05, 0.1) is 23.9 Å². The fraction of sp³-hybridized carbons (Fsp3) is 0.286. The van der Waals surface area contributed by atoms with Gasteiger partial charge in [-0.1, -0.05) is 18.5 Å². The van der Waals surface area contributed by atoms with Crippen LogP contribution in [0.25, 0.3) is 0 Å². The van der Waals surface area contributed by atoms with Crippen LogP contribution in [0.1, 0.15) is 24.3 Å². The van der Waals surface area contributed by atoms with E-state index in [4.69, 9.17) is 20.8 Å². The van der Waals surface area contributed by atoms with Crippen molar-refractivity contribution >= 4 is 27.5 Å². The Morgan fingerprint density at radius 2 is 2.26 bits per heavy atom. The molecule has 102 valence electrons. The molecule has 5 heteroatoms. The fourth-order valence-electron chi connectivity index (χ4n) is 2.03. The largest absolute Gasteiger partial charge is 0.495 e. The lowest BCUT2D eigenvalue weighted by atomic mass is 10.0. The summed E-state index contributed by atoms with van der Waals surface area (Å²) in [6.07, 6.45) is 1.66. The van der Waals surface area contributed by atoms with E-state index in [2.05, 4.69) is 21.2 Å². The molecule has 1 atom stereocenters. The van der Waals surface area contributed by atoms with Gasteiger partial charge in [0.1, 0.15) is 11.5 Å². The van der Waals surface area contributed by atoms with Gasteiger partial charge in [-0.25, -0.2) is 0 Å². The van der Waals surface area contributed by atoms with Crippen molar-refractivity contribution in [2.24, 2.45) is 0 Å². The second kappa shape index (κ2) is 6.46. The SMILES string of the molecule is CCNC(c1ccco1)c1cc(Cl)cc(Br)c1OC. The first-order valence-electron chi connectivity index (χ1n) is 5.97. The molecule has 0 radical (unpaired) electrons. The minimum Gasteiger partial charge on any atom is -0.495 e. The summed E-state index contributed by atoms with van der Waals surface area (Å²) in [5.74, 6) is 1.58. The molecule has 1 heterocycles. The molecule has 2 rings (SSSR count). The summed E-state index contributed by atoms with van der Waals surface area (Å²) >= 11 is 9.61. The maximum absolute atomic E-state index is 6.14. The summed E-state index contributed by atoms with van der Waals surface area (Å²) in [6, 6.07) is 7.41. The summed E-state index contributed by atoms with van der Waals surface area (Å²) in [5.41, 5.74) is 0.943. The molecule has 0 saturated heterocycles. The molecule has 0 amide bonds. The first-order chi connectivity index (χ1) is 9.17. The summed E-state index contributed by atoms with van der Waals surface area (Å²) < 4.78 is 11.8. The first-order valence-corrected chi connectivity index (χ1v) is 7.14. The van der Waals surface area contributed by atoms with Crippen LogP contribution < -0.4 is 10.1 Å². The number of halogens is 2. The lowest BCUT2D eigenvalue weighted by Gasteiger charge is -2.20. The maximum atomic E-state index is 6.14. The van der Waals surface area contributed by atoms with E-state index in [9.17, 15) is 0 Å². The maximum Gasteiger partial charge on any atom is 0.138 e. The zero-order chi connectivity index (χ0) is 13.8. The Labute approximate surface area is 126 Å². The molecule has 0 aliphatic heterocycles. The van der Waals surface area contributed by atoms with E-state index < -0.39 is 0 Å². The van der Waals surface area contributed by atoms with Crippen LogP contribution in [0.15, 0.2) is 39.4 Å². The van der Waals surface area contributed by atoms with E-state index in [0.29, 0.717) is 5.02 Å². The molecule has 0 aliphatic rings. The summed E-state index contributed by atoms with van der Waals surface area (Å²) in [5, 5.41) is 4.03. The highest BCUT2D eigenvalue weighted by Gasteiger charge is 2.22. The number of benzene rings is 1. The molecule has 1 aromatic heterocycles. The van der Waals surface area contributed by atoms with E-state index in [0.717, 1.165) is 28.1 Å². The second-order valence-corrected chi connectivity index (χ2v) is 5.31. The number of hydrogen-bond donors (Lipinski definition) is 1. The third kappa shape index (κ3) is 3.14. The highest BCUT2D eigenvalue weighted by Crippen LogP contribution is 2.38. The molecule has 19 heavy (non-hydrogen) atoms. The predicted octanol–water partition coefficient (Wildman–Crippen LogP) is 4.40. The number of rotatable bonds is 5. The molecular formula is C14H15BrClNO2. The van der Waals surface area contributed by atoms with Crippen LogP contribution in [-0.2, 0) is 0 Å². The molecular weight excluding hydrogens is 330 g/mol. The zero-order valence-corrected chi connectivity index (χ0v) is 13.1. The van der Waals surface area contributed by atoms with Crippen molar-refractivity contribution in [1.82, 2.24) is 5.32 Å². The van der Waals surface area contributed by atoms with Crippen LogP contribution in [0.5, 0.6) is 5.75 Å². The molecule has 1 unspecified atom stereocenters. The van der Waals surface area contributed by atoms with Gasteiger partial charge in [-0.3, -0.25) is 0 Å². The Bertz CT molecular complexity index is 543. The van der Waals surface area contributed by atoms with E-state index in [-0.39, 0.29) is 6.04 Å². The number of methoxy groups -OCH3 is 1. The molecule has 1 aromatic carbocycles. The standard InChI is InChI=1S/C14H15BrClNO2/c1-3-17-13(12-5-4-6-19-12)10-7-9(16)8-11(15)14(10)18-2/h4-8,13,17H,3H2,1-2H3. The van der Waals surface area contributed by atoms with Crippen molar-refractivity contribution in [2.45, 2.75) is 13.0 Å². The van der Waals surface area contributed by atoms with Gasteiger partial charge in [-0.2, -0.15) is 0 Å². The van der Waals surface area contributed by atoms with E-state index in [1.807, 2.05) is 31.2 Å². The van der Waals surface area contributed by atoms with Crippen molar-refractivity contribution in [3.05, 3.63) is 51.3 Å². The van der Waals surface area contributed by atoms with Gasteiger partial charge in [0, 0.05) is 10.6 Å². The quantitative estimate of drug-likeness (QED) is 0.873. The van der Waals surface area contributed by atoms with E-state index >= 15 is 0 Å². The number of furan rings is 1. The van der Waals surface area contributed by atoms with Gasteiger partial charge < -0.3 is 14.5 Å². The third-order valence-corrected chi connectivity index (χ3v) is 3.60. The van der Waals surface area contributed by atoms with Crippen LogP contribution >= 0.6 is 27.5 Å². The number of ether oxygens (including phenoxy) is 1. The minimum atomic E-state index is -0.0926. The zero-order valence-electron chi connectivity index (χ0n) is 10.7. The van der Waals surface area contributed by atoms with Crippen molar-refractivity contribution in [1.29, 1.82) is 0 Å². The van der Waals surface area contributed by atoms with Gasteiger partial charge in [-0.15, -0.1) is 0 Å². The third-order valence-electron chi connectivity index (χ3n) is 2.79. The number of nitrogens with one attached hydrogen (secondary N) is 1. The van der Waals surface area contributed by atoms with Gasteiger partial charge in [0.15, 0.2) is 0 Å². The highest BCUT2D eigenvalue weighted by molar-refractivity contribution is 9.10. The molecule has 0 spiro atoms. The molecule has 0 saturated carbocycles. The Kier molecular flexibility index (Phi) is 4.91. The topological polar surface area (TPSA) is 34.4 Å². The van der Waals surface area contributed by atoms with E-state index in [1.54, 1.807) is 13.4 Å². The monoisotopic (exact) mass is 343 g/mol. The van der Waals surface area contributed by atoms with Crippen molar-refractivity contribution < 1.29 is 9.15 Å².